The third-order valence-corrected chi connectivity index (χ3v) is 4.75. The number of aryl methyl sites for hydroxylation is 1. The van der Waals surface area contributed by atoms with E-state index >= 15 is 0 Å². The van der Waals surface area contributed by atoms with Crippen LogP contribution in [-0.2, 0) is 6.42 Å². The Hall–Kier alpha value is -0.470. The lowest BCUT2D eigenvalue weighted by atomic mass is 10.1. The molecule has 0 unspecified atom stereocenters. The van der Waals surface area contributed by atoms with Crippen LogP contribution in [0.2, 0.25) is 0 Å². The Kier molecular flexibility index (Phi) is 5.40. The van der Waals surface area contributed by atoms with Crippen LogP contribution in [0.25, 0.3) is 0 Å². The molecule has 0 radical (unpaired) electrons. The van der Waals surface area contributed by atoms with E-state index in [0.29, 0.717) is 6.61 Å². The molecule has 1 aromatic rings. The summed E-state index contributed by atoms with van der Waals surface area (Å²) in [6.45, 7) is 0.315. The molecule has 2 rings (SSSR count). The highest BCUT2D eigenvalue weighted by Crippen LogP contribution is 2.34. The first-order chi connectivity index (χ1) is 8.38. The molecule has 0 aromatic heterocycles. The number of rotatable bonds is 6. The van der Waals surface area contributed by atoms with Crippen molar-refractivity contribution in [1.82, 2.24) is 0 Å². The van der Waals surface area contributed by atoms with Gasteiger partial charge >= 0.3 is 0 Å². The fourth-order valence-corrected chi connectivity index (χ4v) is 3.62. The minimum Gasteiger partial charge on any atom is -0.396 e. The van der Waals surface area contributed by atoms with Crippen LogP contribution in [0.3, 0.4) is 0 Å². The summed E-state index contributed by atoms with van der Waals surface area (Å²) in [5.74, 6) is 0. The monoisotopic (exact) mass is 250 g/mol. The summed E-state index contributed by atoms with van der Waals surface area (Å²) in [4.78, 5) is 1.42. The molecule has 1 fully saturated rings. The Morgan fingerprint density at radius 1 is 1.06 bits per heavy atom. The second kappa shape index (κ2) is 7.07. The van der Waals surface area contributed by atoms with E-state index in [-0.39, 0.29) is 0 Å². The number of unbranched alkanes of at least 4 members (excludes halogenated alkanes) is 1. The van der Waals surface area contributed by atoms with Gasteiger partial charge in [0.15, 0.2) is 0 Å². The third-order valence-electron chi connectivity index (χ3n) is 3.40. The van der Waals surface area contributed by atoms with Crippen molar-refractivity contribution in [1.29, 1.82) is 0 Å². The normalized spacial score (nSPS) is 16.5. The molecule has 17 heavy (non-hydrogen) atoms. The second-order valence-electron chi connectivity index (χ2n) is 4.85. The van der Waals surface area contributed by atoms with Crippen LogP contribution in [0.1, 0.15) is 44.1 Å². The number of benzene rings is 1. The van der Waals surface area contributed by atoms with Gasteiger partial charge in [-0.25, -0.2) is 0 Å². The molecule has 0 heterocycles. The van der Waals surface area contributed by atoms with Gasteiger partial charge in [0.05, 0.1) is 0 Å². The van der Waals surface area contributed by atoms with Crippen LogP contribution < -0.4 is 0 Å². The van der Waals surface area contributed by atoms with Crippen molar-refractivity contribution in [3.8, 4) is 0 Å². The van der Waals surface area contributed by atoms with Crippen LogP contribution in [0, 0.1) is 0 Å². The van der Waals surface area contributed by atoms with E-state index in [4.69, 9.17) is 5.11 Å². The zero-order chi connectivity index (χ0) is 11.9. The van der Waals surface area contributed by atoms with Crippen LogP contribution in [-0.4, -0.2) is 17.0 Å². The summed E-state index contributed by atoms with van der Waals surface area (Å²) in [6.07, 6.45) is 8.71. The number of hydrogen-bond acceptors (Lipinski definition) is 2. The predicted molar refractivity (Wildman–Crippen MR) is 74.6 cm³/mol. The maximum absolute atomic E-state index is 8.74. The standard InChI is InChI=1S/C15H22OS/c16-12-4-3-5-13-8-10-15(11-9-13)17-14-6-1-2-7-14/h8-11,14,16H,1-7,12H2. The average molecular weight is 250 g/mol. The highest BCUT2D eigenvalue weighted by Gasteiger charge is 2.15. The van der Waals surface area contributed by atoms with Crippen molar-refractivity contribution in [2.75, 3.05) is 6.61 Å². The van der Waals surface area contributed by atoms with Gasteiger partial charge in [-0.3, -0.25) is 0 Å². The van der Waals surface area contributed by atoms with Gasteiger partial charge in [-0.15, -0.1) is 11.8 Å². The number of thioether (sulfide) groups is 1. The van der Waals surface area contributed by atoms with Crippen LogP contribution >= 0.6 is 11.8 Å². The Balaban J connectivity index is 1.80. The van der Waals surface area contributed by atoms with Gasteiger partial charge in [-0.1, -0.05) is 25.0 Å². The van der Waals surface area contributed by atoms with Crippen molar-refractivity contribution in [2.45, 2.75) is 55.1 Å². The minimum absolute atomic E-state index is 0.315. The van der Waals surface area contributed by atoms with Gasteiger partial charge in [-0.05, 0) is 49.8 Å². The lowest BCUT2D eigenvalue weighted by Crippen LogP contribution is -1.93. The van der Waals surface area contributed by atoms with Crippen molar-refractivity contribution >= 4 is 11.8 Å². The maximum Gasteiger partial charge on any atom is 0.0431 e. The van der Waals surface area contributed by atoms with Crippen molar-refractivity contribution < 1.29 is 5.11 Å². The molecule has 2 heteroatoms. The summed E-state index contributed by atoms with van der Waals surface area (Å²) in [6, 6.07) is 9.01. The molecular weight excluding hydrogens is 228 g/mol. The Bertz CT molecular complexity index is 314. The van der Waals surface area contributed by atoms with E-state index in [1.54, 1.807) is 0 Å². The lowest BCUT2D eigenvalue weighted by Gasteiger charge is -2.09. The fraction of sp³-hybridized carbons (Fsp3) is 0.600. The maximum atomic E-state index is 8.74. The molecule has 0 saturated heterocycles. The first-order valence-electron chi connectivity index (χ1n) is 6.75. The first-order valence-corrected chi connectivity index (χ1v) is 7.63. The largest absolute Gasteiger partial charge is 0.396 e. The van der Waals surface area contributed by atoms with E-state index in [1.807, 2.05) is 11.8 Å². The van der Waals surface area contributed by atoms with Crippen LogP contribution in [0.4, 0.5) is 0 Å². The molecule has 1 saturated carbocycles. The SMILES string of the molecule is OCCCCc1ccc(SC2CCCC2)cc1. The quantitative estimate of drug-likeness (QED) is 0.769. The number of aliphatic hydroxyl groups is 1. The molecule has 0 bridgehead atoms. The molecule has 0 atom stereocenters. The zero-order valence-corrected chi connectivity index (χ0v) is 11.2. The van der Waals surface area contributed by atoms with E-state index in [2.05, 4.69) is 24.3 Å². The van der Waals surface area contributed by atoms with Crippen LogP contribution in [0.5, 0.6) is 0 Å². The highest BCUT2D eigenvalue weighted by atomic mass is 32.2. The zero-order valence-electron chi connectivity index (χ0n) is 10.4. The molecule has 1 N–H and O–H groups in total. The molecule has 0 aliphatic heterocycles. The summed E-state index contributed by atoms with van der Waals surface area (Å²) in [7, 11) is 0. The summed E-state index contributed by atoms with van der Waals surface area (Å²) in [5.41, 5.74) is 1.40. The van der Waals surface area contributed by atoms with Gasteiger partial charge in [0, 0.05) is 16.8 Å². The average Bonchev–Trinajstić information content (AvgIpc) is 2.85. The summed E-state index contributed by atoms with van der Waals surface area (Å²) < 4.78 is 0. The number of aliphatic hydroxyl groups excluding tert-OH is 1. The molecule has 1 aliphatic rings. The van der Waals surface area contributed by atoms with Gasteiger partial charge in [-0.2, -0.15) is 0 Å². The topological polar surface area (TPSA) is 20.2 Å². The smallest absolute Gasteiger partial charge is 0.0431 e. The highest BCUT2D eigenvalue weighted by molar-refractivity contribution is 8.00. The fourth-order valence-electron chi connectivity index (χ4n) is 2.37. The van der Waals surface area contributed by atoms with Crippen molar-refractivity contribution in [3.05, 3.63) is 29.8 Å². The molecule has 1 aliphatic carbocycles. The molecule has 1 aromatic carbocycles. The second-order valence-corrected chi connectivity index (χ2v) is 6.22. The van der Waals surface area contributed by atoms with Crippen molar-refractivity contribution in [3.63, 3.8) is 0 Å². The molecular formula is C15H22OS. The van der Waals surface area contributed by atoms with Crippen molar-refractivity contribution in [2.24, 2.45) is 0 Å². The van der Waals surface area contributed by atoms with Gasteiger partial charge in [0.2, 0.25) is 0 Å². The number of hydrogen-bond donors (Lipinski definition) is 1. The Morgan fingerprint density at radius 2 is 1.76 bits per heavy atom. The molecule has 0 amide bonds. The van der Waals surface area contributed by atoms with E-state index in [1.165, 1.54) is 36.1 Å². The van der Waals surface area contributed by atoms with Crippen LogP contribution in [0.15, 0.2) is 29.2 Å². The molecule has 0 spiro atoms. The molecule has 94 valence electrons. The summed E-state index contributed by atoms with van der Waals surface area (Å²) in [5, 5.41) is 9.60. The first kappa shape index (κ1) is 13.0. The lowest BCUT2D eigenvalue weighted by molar-refractivity contribution is 0.284. The van der Waals surface area contributed by atoms with E-state index in [0.717, 1.165) is 24.5 Å². The van der Waals surface area contributed by atoms with E-state index in [9.17, 15) is 0 Å². The predicted octanol–water partition coefficient (Wildman–Crippen LogP) is 4.04. The minimum atomic E-state index is 0.315. The van der Waals surface area contributed by atoms with Gasteiger partial charge in [0.1, 0.15) is 0 Å². The third kappa shape index (κ3) is 4.36. The van der Waals surface area contributed by atoms with E-state index < -0.39 is 0 Å². The Morgan fingerprint density at radius 3 is 2.41 bits per heavy atom. The summed E-state index contributed by atoms with van der Waals surface area (Å²) >= 11 is 2.05. The molecule has 1 nitrogen and oxygen atoms in total. The Labute approximate surface area is 109 Å². The van der Waals surface area contributed by atoms with Gasteiger partial charge in [0.25, 0.3) is 0 Å². The van der Waals surface area contributed by atoms with Gasteiger partial charge < -0.3 is 5.11 Å².